The van der Waals surface area contributed by atoms with Crippen LogP contribution >= 0.6 is 0 Å². The van der Waals surface area contributed by atoms with E-state index >= 15 is 0 Å². The number of piperidine rings is 1. The highest BCUT2D eigenvalue weighted by molar-refractivity contribution is 5.93. The predicted octanol–water partition coefficient (Wildman–Crippen LogP) is 1.45. The minimum Gasteiger partial charge on any atom is -0.394 e. The fourth-order valence-corrected chi connectivity index (χ4v) is 3.67. The Balaban J connectivity index is 1.74. The van der Waals surface area contributed by atoms with Crippen LogP contribution in [0, 0.1) is 0 Å². The van der Waals surface area contributed by atoms with Crippen LogP contribution in [0.15, 0.2) is 18.3 Å². The first-order valence-corrected chi connectivity index (χ1v) is 8.05. The van der Waals surface area contributed by atoms with Crippen molar-refractivity contribution in [3.63, 3.8) is 0 Å². The van der Waals surface area contributed by atoms with Gasteiger partial charge in [0.1, 0.15) is 5.69 Å². The van der Waals surface area contributed by atoms with Crippen LogP contribution in [0.3, 0.4) is 0 Å². The normalized spacial score (nSPS) is 22.3. The summed E-state index contributed by atoms with van der Waals surface area (Å²) in [6.45, 7) is 2.04. The number of nitrogens with one attached hydrogen (secondary N) is 2. The molecule has 0 unspecified atom stereocenters. The second-order valence-electron chi connectivity index (χ2n) is 6.38. The lowest BCUT2D eigenvalue weighted by Crippen LogP contribution is -2.49. The molecule has 0 radical (unpaired) electrons. The summed E-state index contributed by atoms with van der Waals surface area (Å²) in [5.74, 6) is -0.0468. The number of hydrogen-bond donors (Lipinski definition) is 3. The smallest absolute Gasteiger partial charge is 0.268 e. The Kier molecular flexibility index (Phi) is 4.31. The number of amides is 1. The molecule has 116 valence electrons. The summed E-state index contributed by atoms with van der Waals surface area (Å²) in [5.41, 5.74) is 0.321. The summed E-state index contributed by atoms with van der Waals surface area (Å²) < 4.78 is 2.11. The standard InChI is InChI=1S/C16H25N3O2/c20-12-16(7-1-2-8-16)18-15(21)14-4-3-11-19(14)13-5-9-17-10-6-13/h3-4,11,13,17,20H,1-2,5-10,12H2,(H,18,21). The first-order chi connectivity index (χ1) is 10.2. The van der Waals surface area contributed by atoms with Crippen molar-refractivity contribution in [1.82, 2.24) is 15.2 Å². The SMILES string of the molecule is O=C(NC1(CO)CCCC1)c1cccn1C1CCNCC1. The van der Waals surface area contributed by atoms with Crippen LogP contribution in [0.4, 0.5) is 0 Å². The second-order valence-corrected chi connectivity index (χ2v) is 6.38. The third-order valence-electron chi connectivity index (χ3n) is 4.96. The summed E-state index contributed by atoms with van der Waals surface area (Å²) in [6.07, 6.45) is 8.03. The molecule has 1 aliphatic heterocycles. The Labute approximate surface area is 125 Å². The maximum Gasteiger partial charge on any atom is 0.268 e. The van der Waals surface area contributed by atoms with E-state index in [4.69, 9.17) is 0 Å². The zero-order valence-electron chi connectivity index (χ0n) is 12.5. The van der Waals surface area contributed by atoms with E-state index in [-0.39, 0.29) is 12.5 Å². The molecule has 1 amide bonds. The molecule has 0 atom stereocenters. The van der Waals surface area contributed by atoms with E-state index in [0.29, 0.717) is 6.04 Å². The molecule has 21 heavy (non-hydrogen) atoms. The van der Waals surface area contributed by atoms with Crippen LogP contribution in [0.2, 0.25) is 0 Å². The van der Waals surface area contributed by atoms with Crippen LogP contribution in [-0.4, -0.2) is 40.8 Å². The number of carbonyl (C=O) groups is 1. The topological polar surface area (TPSA) is 66.3 Å². The fourth-order valence-electron chi connectivity index (χ4n) is 3.67. The predicted molar refractivity (Wildman–Crippen MR) is 81.3 cm³/mol. The molecule has 1 aromatic rings. The quantitative estimate of drug-likeness (QED) is 0.786. The van der Waals surface area contributed by atoms with Gasteiger partial charge in [-0.3, -0.25) is 4.79 Å². The van der Waals surface area contributed by atoms with E-state index in [1.165, 1.54) is 0 Å². The maximum absolute atomic E-state index is 12.6. The molecule has 1 aromatic heterocycles. The number of aliphatic hydroxyl groups excluding tert-OH is 1. The lowest BCUT2D eigenvalue weighted by molar-refractivity contribution is 0.0825. The molecule has 5 nitrogen and oxygen atoms in total. The van der Waals surface area contributed by atoms with Crippen molar-refractivity contribution in [2.75, 3.05) is 19.7 Å². The molecule has 5 heteroatoms. The van der Waals surface area contributed by atoms with Gasteiger partial charge in [0.2, 0.25) is 0 Å². The largest absolute Gasteiger partial charge is 0.394 e. The van der Waals surface area contributed by atoms with Gasteiger partial charge in [0.15, 0.2) is 0 Å². The molecule has 1 saturated heterocycles. The molecule has 2 fully saturated rings. The summed E-state index contributed by atoms with van der Waals surface area (Å²) in [5, 5.41) is 16.1. The van der Waals surface area contributed by atoms with Crippen molar-refractivity contribution in [3.05, 3.63) is 24.0 Å². The second kappa shape index (κ2) is 6.20. The average molecular weight is 291 g/mol. The van der Waals surface area contributed by atoms with Crippen molar-refractivity contribution in [3.8, 4) is 0 Å². The van der Waals surface area contributed by atoms with Crippen LogP contribution < -0.4 is 10.6 Å². The van der Waals surface area contributed by atoms with E-state index in [2.05, 4.69) is 15.2 Å². The molecular weight excluding hydrogens is 266 g/mol. The van der Waals surface area contributed by atoms with Crippen LogP contribution in [0.25, 0.3) is 0 Å². The summed E-state index contributed by atoms with van der Waals surface area (Å²) >= 11 is 0. The van der Waals surface area contributed by atoms with Crippen LogP contribution in [-0.2, 0) is 0 Å². The van der Waals surface area contributed by atoms with Gasteiger partial charge >= 0.3 is 0 Å². The molecule has 1 saturated carbocycles. The lowest BCUT2D eigenvalue weighted by atomic mass is 9.98. The highest BCUT2D eigenvalue weighted by atomic mass is 16.3. The molecule has 3 N–H and O–H groups in total. The Morgan fingerprint density at radius 3 is 2.76 bits per heavy atom. The van der Waals surface area contributed by atoms with Crippen molar-refractivity contribution < 1.29 is 9.90 Å². The van der Waals surface area contributed by atoms with Crippen molar-refractivity contribution >= 4 is 5.91 Å². The zero-order valence-corrected chi connectivity index (χ0v) is 12.5. The first-order valence-electron chi connectivity index (χ1n) is 8.05. The van der Waals surface area contributed by atoms with Gasteiger partial charge in [-0.1, -0.05) is 12.8 Å². The van der Waals surface area contributed by atoms with Crippen molar-refractivity contribution in [1.29, 1.82) is 0 Å². The number of aromatic nitrogens is 1. The van der Waals surface area contributed by atoms with E-state index in [1.54, 1.807) is 0 Å². The third kappa shape index (κ3) is 2.99. The van der Waals surface area contributed by atoms with Crippen LogP contribution in [0.1, 0.15) is 55.1 Å². The Hall–Kier alpha value is -1.33. The van der Waals surface area contributed by atoms with Gasteiger partial charge in [-0.05, 0) is 50.9 Å². The molecular formula is C16H25N3O2. The maximum atomic E-state index is 12.6. The third-order valence-corrected chi connectivity index (χ3v) is 4.96. The molecule has 0 aromatic carbocycles. The molecule has 2 heterocycles. The molecule has 1 aliphatic carbocycles. The van der Waals surface area contributed by atoms with Gasteiger partial charge < -0.3 is 20.3 Å². The highest BCUT2D eigenvalue weighted by Gasteiger charge is 2.35. The van der Waals surface area contributed by atoms with E-state index in [9.17, 15) is 9.90 Å². The molecule has 2 aliphatic rings. The first kappa shape index (κ1) is 14.6. The summed E-state index contributed by atoms with van der Waals surface area (Å²) in [6, 6.07) is 4.23. The van der Waals surface area contributed by atoms with E-state index in [1.807, 2.05) is 18.3 Å². The highest BCUT2D eigenvalue weighted by Crippen LogP contribution is 2.30. The zero-order chi connectivity index (χ0) is 14.7. The van der Waals surface area contributed by atoms with Gasteiger partial charge in [0.25, 0.3) is 5.91 Å². The number of nitrogens with zero attached hydrogens (tertiary/aromatic N) is 1. The van der Waals surface area contributed by atoms with Crippen molar-refractivity contribution in [2.45, 2.75) is 50.1 Å². The monoisotopic (exact) mass is 291 g/mol. The number of rotatable bonds is 4. The van der Waals surface area contributed by atoms with Gasteiger partial charge in [0, 0.05) is 12.2 Å². The Morgan fingerprint density at radius 2 is 2.10 bits per heavy atom. The Bertz CT molecular complexity index is 485. The van der Waals surface area contributed by atoms with E-state index < -0.39 is 5.54 Å². The van der Waals surface area contributed by atoms with Gasteiger partial charge in [0.05, 0.1) is 12.1 Å². The fraction of sp³-hybridized carbons (Fsp3) is 0.688. The number of aliphatic hydroxyl groups is 1. The van der Waals surface area contributed by atoms with Gasteiger partial charge in [-0.2, -0.15) is 0 Å². The summed E-state index contributed by atoms with van der Waals surface area (Å²) in [7, 11) is 0. The van der Waals surface area contributed by atoms with Crippen molar-refractivity contribution in [2.24, 2.45) is 0 Å². The number of carbonyl (C=O) groups excluding carboxylic acids is 1. The molecule has 0 bridgehead atoms. The lowest BCUT2D eigenvalue weighted by Gasteiger charge is -2.30. The minimum atomic E-state index is -0.402. The molecule has 3 rings (SSSR count). The minimum absolute atomic E-state index is 0.0345. The van der Waals surface area contributed by atoms with Crippen LogP contribution in [0.5, 0.6) is 0 Å². The van der Waals surface area contributed by atoms with Gasteiger partial charge in [-0.15, -0.1) is 0 Å². The van der Waals surface area contributed by atoms with Gasteiger partial charge in [-0.25, -0.2) is 0 Å². The van der Waals surface area contributed by atoms with E-state index in [0.717, 1.165) is 57.3 Å². The average Bonchev–Trinajstić information content (AvgIpc) is 3.17. The molecule has 0 spiro atoms. The number of hydrogen-bond acceptors (Lipinski definition) is 3. The summed E-state index contributed by atoms with van der Waals surface area (Å²) in [4.78, 5) is 12.6. The Morgan fingerprint density at radius 1 is 1.38 bits per heavy atom.